The van der Waals surface area contributed by atoms with Crippen molar-refractivity contribution in [1.82, 2.24) is 4.90 Å². The van der Waals surface area contributed by atoms with Crippen molar-refractivity contribution in [2.75, 3.05) is 19.1 Å². The fourth-order valence-corrected chi connectivity index (χ4v) is 2.77. The standard InChI is InChI=1S/C6H17NO6P2/c1-2-3-4-7(5-14(8,9)10)6-15(11,12)13/h2-6H2,1H3,(H2,8,9,10)(H2,11,12,13). The van der Waals surface area contributed by atoms with Crippen LogP contribution < -0.4 is 0 Å². The summed E-state index contributed by atoms with van der Waals surface area (Å²) in [7, 11) is -8.53. The van der Waals surface area contributed by atoms with Gasteiger partial charge < -0.3 is 19.6 Å². The molecule has 0 aliphatic carbocycles. The molecule has 0 fully saturated rings. The molecule has 0 aromatic heterocycles. The molecule has 0 saturated carbocycles. The van der Waals surface area contributed by atoms with Crippen molar-refractivity contribution in [3.8, 4) is 0 Å². The van der Waals surface area contributed by atoms with Gasteiger partial charge in [-0.1, -0.05) is 13.3 Å². The molecule has 0 aliphatic heterocycles. The van der Waals surface area contributed by atoms with Gasteiger partial charge in [-0.3, -0.25) is 14.0 Å². The van der Waals surface area contributed by atoms with Crippen LogP contribution in [0, 0.1) is 0 Å². The zero-order chi connectivity index (χ0) is 12.1. The summed E-state index contributed by atoms with van der Waals surface area (Å²) in [5.74, 6) is 0. The van der Waals surface area contributed by atoms with E-state index in [1.807, 2.05) is 6.92 Å². The van der Waals surface area contributed by atoms with Gasteiger partial charge in [0, 0.05) is 0 Å². The molecule has 4 N–H and O–H groups in total. The molecule has 0 atom stereocenters. The number of hydrogen-bond donors (Lipinski definition) is 4. The second kappa shape index (κ2) is 6.11. The zero-order valence-corrected chi connectivity index (χ0v) is 10.3. The summed E-state index contributed by atoms with van der Waals surface area (Å²) in [4.78, 5) is 35.9. The van der Waals surface area contributed by atoms with Crippen LogP contribution in [0.2, 0.25) is 0 Å². The van der Waals surface area contributed by atoms with Crippen molar-refractivity contribution in [2.45, 2.75) is 19.8 Å². The quantitative estimate of drug-likeness (QED) is 0.488. The van der Waals surface area contributed by atoms with Crippen molar-refractivity contribution >= 4 is 15.2 Å². The van der Waals surface area contributed by atoms with Crippen LogP contribution in [0.25, 0.3) is 0 Å². The second-order valence-corrected chi connectivity index (χ2v) is 6.58. The molecule has 0 heterocycles. The Balaban J connectivity index is 4.32. The first-order valence-electron chi connectivity index (χ1n) is 4.45. The van der Waals surface area contributed by atoms with Crippen LogP contribution >= 0.6 is 15.2 Å². The Morgan fingerprint density at radius 3 is 1.67 bits per heavy atom. The Bertz CT molecular complexity index is 247. The van der Waals surface area contributed by atoms with Crippen LogP contribution in [0.3, 0.4) is 0 Å². The van der Waals surface area contributed by atoms with E-state index < -0.39 is 27.8 Å². The summed E-state index contributed by atoms with van der Waals surface area (Å²) < 4.78 is 21.4. The van der Waals surface area contributed by atoms with E-state index >= 15 is 0 Å². The van der Waals surface area contributed by atoms with E-state index in [0.29, 0.717) is 6.42 Å². The largest absolute Gasteiger partial charge is 0.339 e. The zero-order valence-electron chi connectivity index (χ0n) is 8.48. The molecule has 0 aliphatic rings. The first-order chi connectivity index (χ1) is 6.64. The third kappa shape index (κ3) is 10.5. The molecule has 9 heteroatoms. The van der Waals surface area contributed by atoms with Gasteiger partial charge in [-0.15, -0.1) is 0 Å². The lowest BCUT2D eigenvalue weighted by molar-refractivity contribution is 0.275. The second-order valence-electron chi connectivity index (χ2n) is 3.36. The lowest BCUT2D eigenvalue weighted by atomic mass is 10.3. The molecule has 15 heavy (non-hydrogen) atoms. The topological polar surface area (TPSA) is 118 Å². The van der Waals surface area contributed by atoms with E-state index in [1.165, 1.54) is 0 Å². The Kier molecular flexibility index (Phi) is 6.21. The number of nitrogens with zero attached hydrogens (tertiary/aromatic N) is 1. The first-order valence-corrected chi connectivity index (χ1v) is 8.05. The van der Waals surface area contributed by atoms with Crippen LogP contribution in [0.4, 0.5) is 0 Å². The summed E-state index contributed by atoms with van der Waals surface area (Å²) in [6.45, 7) is 2.15. The molecule has 0 aromatic rings. The predicted octanol–water partition coefficient (Wildman–Crippen LogP) is 0.359. The van der Waals surface area contributed by atoms with Crippen LogP contribution in [0.15, 0.2) is 0 Å². The fourth-order valence-electron chi connectivity index (χ4n) is 1.09. The third-order valence-electron chi connectivity index (χ3n) is 1.60. The maximum Gasteiger partial charge on any atom is 0.339 e. The Morgan fingerprint density at radius 1 is 1.00 bits per heavy atom. The van der Waals surface area contributed by atoms with E-state index in [4.69, 9.17) is 19.6 Å². The molecule has 0 aromatic carbocycles. The molecule has 0 amide bonds. The molecular weight excluding hydrogens is 244 g/mol. The fraction of sp³-hybridized carbons (Fsp3) is 1.00. The van der Waals surface area contributed by atoms with Crippen LogP contribution in [0.1, 0.15) is 19.8 Å². The number of unbranched alkanes of at least 4 members (excludes halogenated alkanes) is 1. The van der Waals surface area contributed by atoms with E-state index in [0.717, 1.165) is 11.3 Å². The highest BCUT2D eigenvalue weighted by molar-refractivity contribution is 7.52. The van der Waals surface area contributed by atoms with Crippen molar-refractivity contribution in [2.24, 2.45) is 0 Å². The highest BCUT2D eigenvalue weighted by Crippen LogP contribution is 2.40. The van der Waals surface area contributed by atoms with Crippen molar-refractivity contribution in [1.29, 1.82) is 0 Å². The summed E-state index contributed by atoms with van der Waals surface area (Å²) >= 11 is 0. The van der Waals surface area contributed by atoms with E-state index in [2.05, 4.69) is 0 Å². The SMILES string of the molecule is CCCCN(CP(=O)(O)O)CP(=O)(O)O. The van der Waals surface area contributed by atoms with E-state index in [-0.39, 0.29) is 6.54 Å². The Morgan fingerprint density at radius 2 is 1.40 bits per heavy atom. The molecule has 0 spiro atoms. The lowest BCUT2D eigenvalue weighted by Gasteiger charge is -2.22. The minimum absolute atomic E-state index is 0.271. The van der Waals surface area contributed by atoms with E-state index in [1.54, 1.807) is 0 Å². The maximum atomic E-state index is 10.7. The lowest BCUT2D eigenvalue weighted by Crippen LogP contribution is -2.27. The van der Waals surface area contributed by atoms with Gasteiger partial charge >= 0.3 is 15.2 Å². The average molecular weight is 261 g/mol. The number of rotatable bonds is 7. The number of hydrogen-bond acceptors (Lipinski definition) is 3. The molecule has 7 nitrogen and oxygen atoms in total. The van der Waals surface area contributed by atoms with Gasteiger partial charge in [0.2, 0.25) is 0 Å². The van der Waals surface area contributed by atoms with Crippen LogP contribution in [-0.4, -0.2) is 43.6 Å². The molecule has 92 valence electrons. The molecule has 0 unspecified atom stereocenters. The molecule has 0 rings (SSSR count). The molecule has 0 bridgehead atoms. The van der Waals surface area contributed by atoms with Gasteiger partial charge in [0.15, 0.2) is 0 Å². The van der Waals surface area contributed by atoms with E-state index in [9.17, 15) is 9.13 Å². The van der Waals surface area contributed by atoms with Gasteiger partial charge in [-0.2, -0.15) is 0 Å². The predicted molar refractivity (Wildman–Crippen MR) is 55.4 cm³/mol. The van der Waals surface area contributed by atoms with Crippen molar-refractivity contribution in [3.63, 3.8) is 0 Å². The maximum absolute atomic E-state index is 10.7. The average Bonchev–Trinajstić information content (AvgIpc) is 1.94. The first kappa shape index (κ1) is 15.3. The monoisotopic (exact) mass is 261 g/mol. The highest BCUT2D eigenvalue weighted by Gasteiger charge is 2.24. The minimum Gasteiger partial charge on any atom is -0.324 e. The summed E-state index contributed by atoms with van der Waals surface area (Å²) in [5.41, 5.74) is 0. The minimum atomic E-state index is -4.27. The third-order valence-corrected chi connectivity index (χ3v) is 3.13. The summed E-state index contributed by atoms with van der Waals surface area (Å²) in [5, 5.41) is 0. The smallest absolute Gasteiger partial charge is 0.324 e. The molecule has 0 radical (unpaired) electrons. The van der Waals surface area contributed by atoms with Gasteiger partial charge in [0.05, 0.1) is 0 Å². The van der Waals surface area contributed by atoms with Crippen LogP contribution in [0.5, 0.6) is 0 Å². The Hall–Kier alpha value is 0.260. The van der Waals surface area contributed by atoms with Gasteiger partial charge in [0.1, 0.15) is 12.6 Å². The molecule has 0 saturated heterocycles. The van der Waals surface area contributed by atoms with Gasteiger partial charge in [-0.25, -0.2) is 0 Å². The molecular formula is C6H17NO6P2. The van der Waals surface area contributed by atoms with Gasteiger partial charge in [-0.05, 0) is 13.0 Å². The van der Waals surface area contributed by atoms with Crippen LogP contribution in [-0.2, 0) is 9.13 Å². The Labute approximate surface area is 88.4 Å². The van der Waals surface area contributed by atoms with Gasteiger partial charge in [0.25, 0.3) is 0 Å². The van der Waals surface area contributed by atoms with Crippen molar-refractivity contribution < 1.29 is 28.7 Å². The summed E-state index contributed by atoms with van der Waals surface area (Å²) in [6, 6.07) is 0. The van der Waals surface area contributed by atoms with Crippen molar-refractivity contribution in [3.05, 3.63) is 0 Å². The normalized spacial score (nSPS) is 13.5. The summed E-state index contributed by atoms with van der Waals surface area (Å²) in [6.07, 6.45) is 0.203. The highest BCUT2D eigenvalue weighted by atomic mass is 31.2.